The Morgan fingerprint density at radius 3 is 2.76 bits per heavy atom. The molecule has 25 heavy (non-hydrogen) atoms. The highest BCUT2D eigenvalue weighted by molar-refractivity contribution is 5.77. The number of carbonyl (C=O) groups excluding carboxylic acids is 1. The first-order valence-electron chi connectivity index (χ1n) is 8.50. The maximum absolute atomic E-state index is 11.7. The molecule has 0 saturated carbocycles. The van der Waals surface area contributed by atoms with Crippen LogP contribution in [0.2, 0.25) is 0 Å². The third kappa shape index (κ3) is 4.30. The Hall–Kier alpha value is -2.54. The summed E-state index contributed by atoms with van der Waals surface area (Å²) >= 11 is 0. The molecule has 0 radical (unpaired) electrons. The van der Waals surface area contributed by atoms with Crippen molar-refractivity contribution in [2.24, 2.45) is 0 Å². The minimum atomic E-state index is -0.439. The molecule has 1 amide bonds. The number of nitrogens with zero attached hydrogens (tertiary/aromatic N) is 4. The summed E-state index contributed by atoms with van der Waals surface area (Å²) in [6.45, 7) is 4.71. The fourth-order valence-corrected chi connectivity index (χ4v) is 3.19. The number of piperidine rings is 1. The minimum Gasteiger partial charge on any atom is -0.387 e. The number of carbonyl (C=O) groups is 1. The zero-order valence-corrected chi connectivity index (χ0v) is 14.6. The van der Waals surface area contributed by atoms with Gasteiger partial charge in [-0.25, -0.2) is 15.0 Å². The van der Waals surface area contributed by atoms with E-state index in [0.717, 1.165) is 29.9 Å². The molecule has 0 aromatic carbocycles. The van der Waals surface area contributed by atoms with Crippen LogP contribution in [0.15, 0.2) is 24.3 Å². The van der Waals surface area contributed by atoms with E-state index in [1.165, 1.54) is 0 Å². The SMILES string of the molecule is Cc1cc(C)nc(Nc2cccc([C@H]3CCCN(C(=O)CO)C3)n2)n1. The molecule has 1 aliphatic heterocycles. The number of aliphatic hydroxyl groups excluding tert-OH is 1. The number of nitrogens with one attached hydrogen (secondary N) is 1. The van der Waals surface area contributed by atoms with Gasteiger partial charge in [-0.15, -0.1) is 0 Å². The standard InChI is InChI=1S/C18H23N5O2/c1-12-9-13(2)20-18(19-12)22-16-7-3-6-15(21-16)14-5-4-8-23(10-14)17(25)11-24/h3,6-7,9,14,24H,4-5,8,10-11H2,1-2H3,(H,19,20,21,22)/t14-/m0/s1. The number of hydrogen-bond donors (Lipinski definition) is 2. The van der Waals surface area contributed by atoms with Crippen molar-refractivity contribution in [2.45, 2.75) is 32.6 Å². The maximum Gasteiger partial charge on any atom is 0.248 e. The number of rotatable bonds is 4. The largest absolute Gasteiger partial charge is 0.387 e. The van der Waals surface area contributed by atoms with Crippen molar-refractivity contribution in [1.29, 1.82) is 0 Å². The monoisotopic (exact) mass is 341 g/mol. The quantitative estimate of drug-likeness (QED) is 0.883. The molecule has 7 nitrogen and oxygen atoms in total. The second-order valence-electron chi connectivity index (χ2n) is 6.38. The van der Waals surface area contributed by atoms with Crippen molar-refractivity contribution < 1.29 is 9.90 Å². The van der Waals surface area contributed by atoms with Gasteiger partial charge in [0.05, 0.1) is 0 Å². The van der Waals surface area contributed by atoms with Gasteiger partial charge in [0, 0.05) is 36.1 Å². The molecule has 2 aromatic rings. The third-order valence-corrected chi connectivity index (χ3v) is 4.32. The smallest absolute Gasteiger partial charge is 0.248 e. The van der Waals surface area contributed by atoms with E-state index < -0.39 is 6.61 Å². The van der Waals surface area contributed by atoms with Crippen LogP contribution in [-0.4, -0.2) is 50.6 Å². The van der Waals surface area contributed by atoms with E-state index in [1.807, 2.05) is 38.1 Å². The molecular formula is C18H23N5O2. The molecule has 2 N–H and O–H groups in total. The van der Waals surface area contributed by atoms with Crippen LogP contribution in [0.25, 0.3) is 0 Å². The summed E-state index contributed by atoms with van der Waals surface area (Å²) in [6, 6.07) is 7.72. The van der Waals surface area contributed by atoms with Gasteiger partial charge >= 0.3 is 0 Å². The van der Waals surface area contributed by atoms with Crippen LogP contribution in [0, 0.1) is 13.8 Å². The maximum atomic E-state index is 11.7. The molecule has 1 saturated heterocycles. The lowest BCUT2D eigenvalue weighted by Crippen LogP contribution is -2.40. The van der Waals surface area contributed by atoms with Gasteiger partial charge < -0.3 is 15.3 Å². The Bertz CT molecular complexity index is 745. The van der Waals surface area contributed by atoms with Crippen LogP contribution in [0.3, 0.4) is 0 Å². The highest BCUT2D eigenvalue weighted by Gasteiger charge is 2.25. The van der Waals surface area contributed by atoms with Crippen LogP contribution < -0.4 is 5.32 Å². The lowest BCUT2D eigenvalue weighted by molar-refractivity contribution is -0.135. The fraction of sp³-hybridized carbons (Fsp3) is 0.444. The van der Waals surface area contributed by atoms with E-state index in [1.54, 1.807) is 4.90 Å². The normalized spacial score (nSPS) is 17.4. The summed E-state index contributed by atoms with van der Waals surface area (Å²) in [7, 11) is 0. The summed E-state index contributed by atoms with van der Waals surface area (Å²) in [4.78, 5) is 26.9. The predicted octanol–water partition coefficient (Wildman–Crippen LogP) is 1.93. The average molecular weight is 341 g/mol. The molecule has 3 rings (SSSR count). The Labute approximate surface area is 147 Å². The molecule has 7 heteroatoms. The first-order valence-corrected chi connectivity index (χ1v) is 8.50. The Balaban J connectivity index is 1.76. The Morgan fingerprint density at radius 2 is 2.04 bits per heavy atom. The van der Waals surface area contributed by atoms with Crippen LogP contribution >= 0.6 is 0 Å². The number of aryl methyl sites for hydroxylation is 2. The summed E-state index contributed by atoms with van der Waals surface area (Å²) < 4.78 is 0. The second-order valence-corrected chi connectivity index (χ2v) is 6.38. The predicted molar refractivity (Wildman–Crippen MR) is 94.7 cm³/mol. The number of aliphatic hydroxyl groups is 1. The summed E-state index contributed by atoms with van der Waals surface area (Å²) in [5.41, 5.74) is 2.73. The van der Waals surface area contributed by atoms with Crippen molar-refractivity contribution in [2.75, 3.05) is 25.0 Å². The van der Waals surface area contributed by atoms with Crippen molar-refractivity contribution >= 4 is 17.7 Å². The average Bonchev–Trinajstić information content (AvgIpc) is 2.60. The van der Waals surface area contributed by atoms with E-state index in [-0.39, 0.29) is 11.8 Å². The number of amides is 1. The van der Waals surface area contributed by atoms with Gasteiger partial charge in [-0.3, -0.25) is 4.79 Å². The molecule has 1 aliphatic rings. The molecular weight excluding hydrogens is 318 g/mol. The number of pyridine rings is 1. The van der Waals surface area contributed by atoms with Gasteiger partial charge in [0.1, 0.15) is 12.4 Å². The van der Waals surface area contributed by atoms with E-state index >= 15 is 0 Å². The number of anilines is 2. The van der Waals surface area contributed by atoms with Crippen molar-refractivity contribution in [3.8, 4) is 0 Å². The lowest BCUT2D eigenvalue weighted by Gasteiger charge is -2.32. The zero-order valence-electron chi connectivity index (χ0n) is 14.6. The van der Waals surface area contributed by atoms with Gasteiger partial charge in [-0.1, -0.05) is 6.07 Å². The molecule has 3 heterocycles. The lowest BCUT2D eigenvalue weighted by atomic mass is 9.94. The first-order chi connectivity index (χ1) is 12.0. The van der Waals surface area contributed by atoms with Crippen LogP contribution in [-0.2, 0) is 4.79 Å². The van der Waals surface area contributed by atoms with Crippen LogP contribution in [0.4, 0.5) is 11.8 Å². The van der Waals surface area contributed by atoms with Gasteiger partial charge in [-0.2, -0.15) is 0 Å². The summed E-state index contributed by atoms with van der Waals surface area (Å²) in [6.07, 6.45) is 1.89. The Kier molecular flexibility index (Phi) is 5.23. The van der Waals surface area contributed by atoms with Crippen molar-refractivity contribution in [3.63, 3.8) is 0 Å². The molecule has 1 fully saturated rings. The van der Waals surface area contributed by atoms with Crippen molar-refractivity contribution in [3.05, 3.63) is 41.3 Å². The Morgan fingerprint density at radius 1 is 1.28 bits per heavy atom. The molecule has 0 bridgehead atoms. The highest BCUT2D eigenvalue weighted by atomic mass is 16.3. The first kappa shape index (κ1) is 17.3. The number of likely N-dealkylation sites (tertiary alicyclic amines) is 1. The van der Waals surface area contributed by atoms with Crippen LogP contribution in [0.5, 0.6) is 0 Å². The fourth-order valence-electron chi connectivity index (χ4n) is 3.19. The van der Waals surface area contributed by atoms with Gasteiger partial charge in [-0.05, 0) is 44.9 Å². The van der Waals surface area contributed by atoms with Crippen molar-refractivity contribution in [1.82, 2.24) is 19.9 Å². The third-order valence-electron chi connectivity index (χ3n) is 4.32. The summed E-state index contributed by atoms with van der Waals surface area (Å²) in [5.74, 6) is 1.17. The second kappa shape index (κ2) is 7.57. The molecule has 2 aromatic heterocycles. The molecule has 0 spiro atoms. The molecule has 1 atom stereocenters. The number of hydrogen-bond acceptors (Lipinski definition) is 6. The molecule has 0 aliphatic carbocycles. The van der Waals surface area contributed by atoms with Crippen LogP contribution in [0.1, 0.15) is 35.8 Å². The van der Waals surface area contributed by atoms with E-state index in [9.17, 15) is 4.79 Å². The summed E-state index contributed by atoms with van der Waals surface area (Å²) in [5, 5.41) is 12.2. The van der Waals surface area contributed by atoms with Gasteiger partial charge in [0.25, 0.3) is 0 Å². The highest BCUT2D eigenvalue weighted by Crippen LogP contribution is 2.26. The zero-order chi connectivity index (χ0) is 17.8. The topological polar surface area (TPSA) is 91.2 Å². The molecule has 0 unspecified atom stereocenters. The van der Waals surface area contributed by atoms with E-state index in [2.05, 4.69) is 20.3 Å². The van der Waals surface area contributed by atoms with Gasteiger partial charge in [0.15, 0.2) is 0 Å². The number of aromatic nitrogens is 3. The molecule has 132 valence electrons. The van der Waals surface area contributed by atoms with E-state index in [4.69, 9.17) is 5.11 Å². The van der Waals surface area contributed by atoms with E-state index in [0.29, 0.717) is 24.9 Å². The minimum absolute atomic E-state index is 0.172. The van der Waals surface area contributed by atoms with Gasteiger partial charge in [0.2, 0.25) is 11.9 Å².